The number of amides is 1. The number of pyridine rings is 1. The van der Waals surface area contributed by atoms with E-state index in [-0.39, 0.29) is 29.9 Å². The molecule has 1 saturated heterocycles. The number of halogens is 1. The Kier molecular flexibility index (Phi) is 8.15. The summed E-state index contributed by atoms with van der Waals surface area (Å²) in [4.78, 5) is 21.9. The minimum atomic E-state index is -0.224. The Hall–Kier alpha value is -1.38. The topological polar surface area (TPSA) is 83.6 Å². The van der Waals surface area contributed by atoms with Crippen LogP contribution in [-0.2, 0) is 11.3 Å². The summed E-state index contributed by atoms with van der Waals surface area (Å²) in [6.07, 6.45) is 4.34. The van der Waals surface area contributed by atoms with Crippen molar-refractivity contribution in [3.63, 3.8) is 0 Å². The Morgan fingerprint density at radius 1 is 1.55 bits per heavy atom. The second-order valence-electron chi connectivity index (χ2n) is 5.35. The fraction of sp³-hybridized carbons (Fsp3) is 0.533. The van der Waals surface area contributed by atoms with Crippen LogP contribution in [0.15, 0.2) is 29.4 Å². The number of nitrogens with one attached hydrogen (secondary N) is 1. The van der Waals surface area contributed by atoms with Crippen LogP contribution in [-0.4, -0.2) is 41.9 Å². The number of guanidine groups is 1. The molecule has 0 spiro atoms. The van der Waals surface area contributed by atoms with Crippen molar-refractivity contribution in [2.45, 2.75) is 25.8 Å². The second-order valence-corrected chi connectivity index (χ2v) is 5.35. The van der Waals surface area contributed by atoms with E-state index in [1.807, 2.05) is 18.2 Å². The number of carbonyl (C=O) groups is 1. The van der Waals surface area contributed by atoms with Gasteiger partial charge in [0.1, 0.15) is 0 Å². The number of nitrogens with zero attached hydrogens (tertiary/aromatic N) is 3. The molecule has 0 radical (unpaired) electrons. The van der Waals surface area contributed by atoms with Crippen LogP contribution in [0.4, 0.5) is 0 Å². The number of primary amides is 1. The first-order valence-corrected chi connectivity index (χ1v) is 7.33. The van der Waals surface area contributed by atoms with E-state index in [1.54, 1.807) is 13.2 Å². The smallest absolute Gasteiger partial charge is 0.217 e. The van der Waals surface area contributed by atoms with E-state index in [0.29, 0.717) is 18.9 Å². The Balaban J connectivity index is 0.00000242. The number of aliphatic imine (C=N–C) groups is 1. The number of nitrogens with two attached hydrogens (primary N) is 1. The number of hydrogen-bond acceptors (Lipinski definition) is 3. The number of hydrogen-bond donors (Lipinski definition) is 2. The van der Waals surface area contributed by atoms with Gasteiger partial charge in [-0.05, 0) is 30.9 Å². The maximum Gasteiger partial charge on any atom is 0.217 e. The van der Waals surface area contributed by atoms with E-state index in [0.717, 1.165) is 37.6 Å². The first-order chi connectivity index (χ1) is 10.2. The lowest BCUT2D eigenvalue weighted by molar-refractivity contribution is -0.119. The summed E-state index contributed by atoms with van der Waals surface area (Å²) in [5.41, 5.74) is 6.28. The van der Waals surface area contributed by atoms with Gasteiger partial charge >= 0.3 is 0 Å². The monoisotopic (exact) mass is 417 g/mol. The van der Waals surface area contributed by atoms with Crippen molar-refractivity contribution in [2.75, 3.05) is 20.1 Å². The van der Waals surface area contributed by atoms with Crippen molar-refractivity contribution in [3.8, 4) is 0 Å². The van der Waals surface area contributed by atoms with Crippen molar-refractivity contribution >= 4 is 35.8 Å². The fourth-order valence-corrected chi connectivity index (χ4v) is 2.71. The predicted molar refractivity (Wildman–Crippen MR) is 98.0 cm³/mol. The van der Waals surface area contributed by atoms with Crippen LogP contribution in [0.5, 0.6) is 0 Å². The molecule has 0 aliphatic carbocycles. The van der Waals surface area contributed by atoms with E-state index in [1.165, 1.54) is 0 Å². The average Bonchev–Trinajstić information content (AvgIpc) is 2.49. The number of piperidine rings is 1. The summed E-state index contributed by atoms with van der Waals surface area (Å²) in [5.74, 6) is 0.956. The second kappa shape index (κ2) is 9.60. The Morgan fingerprint density at radius 3 is 3.00 bits per heavy atom. The van der Waals surface area contributed by atoms with Gasteiger partial charge in [0.15, 0.2) is 5.96 Å². The number of carbonyl (C=O) groups excluding carboxylic acids is 1. The van der Waals surface area contributed by atoms with Gasteiger partial charge < -0.3 is 16.0 Å². The molecule has 0 saturated carbocycles. The van der Waals surface area contributed by atoms with E-state index in [9.17, 15) is 4.79 Å². The summed E-state index contributed by atoms with van der Waals surface area (Å²) in [5, 5.41) is 3.33. The predicted octanol–water partition coefficient (Wildman–Crippen LogP) is 1.36. The summed E-state index contributed by atoms with van der Waals surface area (Å²) < 4.78 is 0. The highest BCUT2D eigenvalue weighted by Crippen LogP contribution is 2.19. The highest BCUT2D eigenvalue weighted by atomic mass is 127. The third kappa shape index (κ3) is 5.78. The molecule has 1 amide bonds. The van der Waals surface area contributed by atoms with Crippen molar-refractivity contribution in [1.29, 1.82) is 0 Å². The number of aromatic nitrogens is 1. The van der Waals surface area contributed by atoms with Gasteiger partial charge in [0.2, 0.25) is 5.91 Å². The molecule has 0 aromatic carbocycles. The van der Waals surface area contributed by atoms with Crippen LogP contribution in [0.2, 0.25) is 0 Å². The summed E-state index contributed by atoms with van der Waals surface area (Å²) in [7, 11) is 1.78. The minimum absolute atomic E-state index is 0. The maximum atomic E-state index is 11.1. The first kappa shape index (κ1) is 18.7. The molecule has 1 aromatic heterocycles. The lowest BCUT2D eigenvalue weighted by Crippen LogP contribution is -2.47. The zero-order chi connectivity index (χ0) is 15.1. The molecular formula is C15H24IN5O. The van der Waals surface area contributed by atoms with Crippen LogP contribution in [0.1, 0.15) is 25.0 Å². The molecule has 1 fully saturated rings. The molecule has 2 heterocycles. The third-order valence-corrected chi connectivity index (χ3v) is 3.67. The molecular weight excluding hydrogens is 393 g/mol. The van der Waals surface area contributed by atoms with Crippen molar-refractivity contribution in [1.82, 2.24) is 15.2 Å². The molecule has 1 aliphatic rings. The highest BCUT2D eigenvalue weighted by molar-refractivity contribution is 14.0. The molecule has 7 heteroatoms. The molecule has 1 atom stereocenters. The molecule has 2 rings (SSSR count). The van der Waals surface area contributed by atoms with E-state index >= 15 is 0 Å². The largest absolute Gasteiger partial charge is 0.370 e. The van der Waals surface area contributed by atoms with Gasteiger partial charge in [-0.2, -0.15) is 0 Å². The number of likely N-dealkylation sites (tertiary alicyclic amines) is 1. The molecule has 1 aromatic rings. The standard InChI is InChI=1S/C15H23N5O.HI/c1-17-15(19-10-13-6-2-3-7-18-13)20-8-4-5-12(11-20)9-14(16)21;/h2-3,6-7,12H,4-5,8-11H2,1H3,(H2,16,21)(H,17,19);1H. The maximum absolute atomic E-state index is 11.1. The van der Waals surface area contributed by atoms with Crippen LogP contribution < -0.4 is 11.1 Å². The molecule has 0 bridgehead atoms. The van der Waals surface area contributed by atoms with Gasteiger partial charge in [-0.1, -0.05) is 6.07 Å². The van der Waals surface area contributed by atoms with E-state index in [4.69, 9.17) is 5.73 Å². The van der Waals surface area contributed by atoms with Gasteiger partial charge in [0, 0.05) is 32.8 Å². The Bertz CT molecular complexity index is 494. The average molecular weight is 417 g/mol. The third-order valence-electron chi connectivity index (χ3n) is 3.67. The van der Waals surface area contributed by atoms with E-state index in [2.05, 4.69) is 20.2 Å². The first-order valence-electron chi connectivity index (χ1n) is 7.33. The summed E-state index contributed by atoms with van der Waals surface area (Å²) in [6, 6.07) is 5.85. The van der Waals surface area contributed by atoms with Crippen molar-refractivity contribution < 1.29 is 4.79 Å². The zero-order valence-electron chi connectivity index (χ0n) is 12.9. The van der Waals surface area contributed by atoms with Crippen LogP contribution >= 0.6 is 24.0 Å². The molecule has 1 aliphatic heterocycles. The lowest BCUT2D eigenvalue weighted by atomic mass is 9.95. The van der Waals surface area contributed by atoms with Crippen LogP contribution in [0.3, 0.4) is 0 Å². The van der Waals surface area contributed by atoms with E-state index < -0.39 is 0 Å². The fourth-order valence-electron chi connectivity index (χ4n) is 2.71. The van der Waals surface area contributed by atoms with Crippen molar-refractivity contribution in [2.24, 2.45) is 16.6 Å². The molecule has 3 N–H and O–H groups in total. The van der Waals surface area contributed by atoms with Gasteiger partial charge in [0.25, 0.3) is 0 Å². The zero-order valence-corrected chi connectivity index (χ0v) is 15.2. The van der Waals surface area contributed by atoms with Gasteiger partial charge in [-0.3, -0.25) is 14.8 Å². The lowest BCUT2D eigenvalue weighted by Gasteiger charge is -2.34. The molecule has 22 heavy (non-hydrogen) atoms. The SMILES string of the molecule is CN=C(NCc1ccccn1)N1CCCC(CC(N)=O)C1.I. The van der Waals surface area contributed by atoms with Gasteiger partial charge in [0.05, 0.1) is 12.2 Å². The normalized spacial score (nSPS) is 18.5. The van der Waals surface area contributed by atoms with Gasteiger partial charge in [-0.25, -0.2) is 0 Å². The minimum Gasteiger partial charge on any atom is -0.370 e. The quantitative estimate of drug-likeness (QED) is 0.440. The van der Waals surface area contributed by atoms with Gasteiger partial charge in [-0.15, -0.1) is 24.0 Å². The summed E-state index contributed by atoms with van der Waals surface area (Å²) >= 11 is 0. The Labute approximate surface area is 148 Å². The molecule has 6 nitrogen and oxygen atoms in total. The Morgan fingerprint density at radius 2 is 2.36 bits per heavy atom. The number of rotatable bonds is 4. The van der Waals surface area contributed by atoms with Crippen molar-refractivity contribution in [3.05, 3.63) is 30.1 Å². The molecule has 1 unspecified atom stereocenters. The highest BCUT2D eigenvalue weighted by Gasteiger charge is 2.23. The van der Waals surface area contributed by atoms with Crippen LogP contribution in [0.25, 0.3) is 0 Å². The molecule has 122 valence electrons. The van der Waals surface area contributed by atoms with Crippen LogP contribution in [0, 0.1) is 5.92 Å². The summed E-state index contributed by atoms with van der Waals surface area (Å²) in [6.45, 7) is 2.42.